The lowest BCUT2D eigenvalue weighted by atomic mass is 9.92. The van der Waals surface area contributed by atoms with Crippen molar-refractivity contribution in [3.05, 3.63) is 52.8 Å². The van der Waals surface area contributed by atoms with Crippen LogP contribution in [0.4, 0.5) is 26.2 Å². The van der Waals surface area contributed by atoms with Crippen molar-refractivity contribution in [2.75, 3.05) is 35.3 Å². The maximum atomic E-state index is 14.3. The molecule has 4 rings (SSSR count). The molecule has 7 nitrogen and oxygen atoms in total. The van der Waals surface area contributed by atoms with Gasteiger partial charge in [-0.25, -0.2) is 9.18 Å². The van der Waals surface area contributed by atoms with Gasteiger partial charge in [-0.05, 0) is 79.8 Å². The Morgan fingerprint density at radius 3 is 2.47 bits per heavy atom. The molecular weight excluding hydrogens is 485 g/mol. The number of benzene rings is 2. The van der Waals surface area contributed by atoms with Gasteiger partial charge in [-0.1, -0.05) is 24.6 Å². The summed E-state index contributed by atoms with van der Waals surface area (Å²) in [6, 6.07) is 9.57. The Bertz CT molecular complexity index is 1090. The molecule has 36 heavy (non-hydrogen) atoms. The predicted molar refractivity (Wildman–Crippen MR) is 140 cm³/mol. The van der Waals surface area contributed by atoms with Crippen molar-refractivity contribution in [3.63, 3.8) is 0 Å². The van der Waals surface area contributed by atoms with Gasteiger partial charge in [-0.15, -0.1) is 0 Å². The second-order valence-corrected chi connectivity index (χ2v) is 10.1. The Hall–Kier alpha value is -2.84. The van der Waals surface area contributed by atoms with Crippen LogP contribution in [-0.4, -0.2) is 42.9 Å². The lowest BCUT2D eigenvalue weighted by Crippen LogP contribution is -2.41. The van der Waals surface area contributed by atoms with E-state index in [1.54, 1.807) is 0 Å². The average Bonchev–Trinajstić information content (AvgIpc) is 3.68. The van der Waals surface area contributed by atoms with Crippen molar-refractivity contribution >= 4 is 40.7 Å². The Labute approximate surface area is 216 Å². The molecule has 2 fully saturated rings. The number of anilines is 3. The van der Waals surface area contributed by atoms with Gasteiger partial charge in [0.2, 0.25) is 0 Å². The van der Waals surface area contributed by atoms with Gasteiger partial charge in [0.05, 0.1) is 23.5 Å². The summed E-state index contributed by atoms with van der Waals surface area (Å²) < 4.78 is 19.9. The van der Waals surface area contributed by atoms with Gasteiger partial charge in [-0.3, -0.25) is 4.79 Å². The highest BCUT2D eigenvalue weighted by Gasteiger charge is 2.31. The number of rotatable bonds is 10. The van der Waals surface area contributed by atoms with Crippen molar-refractivity contribution in [3.8, 4) is 0 Å². The van der Waals surface area contributed by atoms with Crippen LogP contribution in [0.3, 0.4) is 0 Å². The molecule has 1 aliphatic heterocycles. The topological polar surface area (TPSA) is 90.9 Å². The van der Waals surface area contributed by atoms with Crippen LogP contribution >= 0.6 is 11.6 Å². The number of carboxylic acids is 1. The van der Waals surface area contributed by atoms with Crippen LogP contribution in [0.5, 0.6) is 0 Å². The summed E-state index contributed by atoms with van der Waals surface area (Å²) in [7, 11) is 0. The monoisotopic (exact) mass is 517 g/mol. The molecule has 1 unspecified atom stereocenters. The van der Waals surface area contributed by atoms with Crippen molar-refractivity contribution in [1.82, 2.24) is 0 Å². The number of nitrogens with zero attached hydrogens (tertiary/aromatic N) is 1. The number of carbonyl (C=O) groups is 2. The molecule has 3 N–H and O–H groups in total. The number of amides is 2. The first-order valence-electron chi connectivity index (χ1n) is 12.6. The number of hydrogen-bond donors (Lipinski definition) is 3. The fourth-order valence-electron chi connectivity index (χ4n) is 4.75. The molecule has 9 heteroatoms. The van der Waals surface area contributed by atoms with Gasteiger partial charge in [0, 0.05) is 30.8 Å². The number of carboxylic acid groups (broad SMARTS) is 1. The molecule has 194 valence electrons. The zero-order valence-electron chi connectivity index (χ0n) is 20.4. The summed E-state index contributed by atoms with van der Waals surface area (Å²) in [5, 5.41) is 15.1. The molecule has 2 amide bonds. The minimum absolute atomic E-state index is 0.00320. The Morgan fingerprint density at radius 1 is 1.11 bits per heavy atom. The summed E-state index contributed by atoms with van der Waals surface area (Å²) in [5.74, 6) is -1.06. The molecule has 1 saturated heterocycles. The number of hydrogen-bond acceptors (Lipinski definition) is 4. The van der Waals surface area contributed by atoms with Crippen molar-refractivity contribution < 1.29 is 23.8 Å². The average molecular weight is 518 g/mol. The SMILES string of the molecule is CCC(CC(=O)O)c1ccc(N(CC2CC2)C2CCOCC2)c(NC(=O)Nc2ccc(Cl)cc2F)c1. The molecule has 1 atom stereocenters. The van der Waals surface area contributed by atoms with Gasteiger partial charge in [0.15, 0.2) is 0 Å². The first-order chi connectivity index (χ1) is 17.3. The number of aliphatic carboxylic acids is 1. The van der Waals surface area contributed by atoms with Crippen molar-refractivity contribution in [1.29, 1.82) is 0 Å². The van der Waals surface area contributed by atoms with Crippen LogP contribution < -0.4 is 15.5 Å². The molecule has 0 radical (unpaired) electrons. The molecule has 0 aromatic heterocycles. The van der Waals surface area contributed by atoms with Crippen LogP contribution in [-0.2, 0) is 9.53 Å². The second kappa shape index (κ2) is 11.9. The van der Waals surface area contributed by atoms with E-state index in [4.69, 9.17) is 16.3 Å². The minimum atomic E-state index is -0.867. The van der Waals surface area contributed by atoms with Crippen LogP contribution in [0.15, 0.2) is 36.4 Å². The van der Waals surface area contributed by atoms with E-state index in [9.17, 15) is 19.1 Å². The van der Waals surface area contributed by atoms with Gasteiger partial charge in [0.1, 0.15) is 5.82 Å². The molecule has 2 aromatic rings. The standard InChI is InChI=1S/C27H33ClFN3O4/c1-2-18(14-26(33)34)19-5-8-25(32(16-17-3-4-17)21-9-11-36-12-10-21)24(13-19)31-27(35)30-23-7-6-20(28)15-22(23)29/h5-8,13,15,17-18,21H,2-4,9-12,14,16H2,1H3,(H,33,34)(H2,30,31,35). The number of carbonyl (C=O) groups excluding carboxylic acids is 1. The number of nitrogens with one attached hydrogen (secondary N) is 2. The minimum Gasteiger partial charge on any atom is -0.481 e. The first kappa shape index (κ1) is 26.2. The van der Waals surface area contributed by atoms with Gasteiger partial charge in [0.25, 0.3) is 0 Å². The Morgan fingerprint density at radius 2 is 1.83 bits per heavy atom. The number of ether oxygens (including phenoxy) is 1. The van der Waals surface area contributed by atoms with Gasteiger partial charge in [-0.2, -0.15) is 0 Å². The molecular formula is C27H33ClFN3O4. The van der Waals surface area contributed by atoms with E-state index >= 15 is 0 Å². The first-order valence-corrected chi connectivity index (χ1v) is 12.9. The molecule has 1 heterocycles. The molecule has 0 spiro atoms. The van der Waals surface area contributed by atoms with Gasteiger partial charge >= 0.3 is 12.0 Å². The van der Waals surface area contributed by atoms with Gasteiger partial charge < -0.3 is 25.4 Å². The molecule has 1 aliphatic carbocycles. The zero-order valence-corrected chi connectivity index (χ0v) is 21.2. The summed E-state index contributed by atoms with van der Waals surface area (Å²) in [4.78, 5) is 26.8. The normalized spacial score (nSPS) is 16.9. The number of urea groups is 1. The fourth-order valence-corrected chi connectivity index (χ4v) is 4.91. The maximum absolute atomic E-state index is 14.3. The lowest BCUT2D eigenvalue weighted by Gasteiger charge is -2.37. The third-order valence-electron chi connectivity index (χ3n) is 6.93. The van der Waals surface area contributed by atoms with Crippen LogP contribution in [0, 0.1) is 11.7 Å². The smallest absolute Gasteiger partial charge is 0.323 e. The largest absolute Gasteiger partial charge is 0.481 e. The molecule has 1 saturated carbocycles. The van der Waals surface area contributed by atoms with E-state index in [1.807, 2.05) is 25.1 Å². The van der Waals surface area contributed by atoms with Crippen molar-refractivity contribution in [2.45, 2.75) is 57.4 Å². The van der Waals surface area contributed by atoms with E-state index in [-0.39, 0.29) is 29.1 Å². The Kier molecular flexibility index (Phi) is 8.69. The molecule has 2 aliphatic rings. The highest BCUT2D eigenvalue weighted by molar-refractivity contribution is 6.30. The van der Waals surface area contributed by atoms with E-state index in [0.717, 1.165) is 36.7 Å². The zero-order chi connectivity index (χ0) is 25.7. The van der Waals surface area contributed by atoms with Crippen molar-refractivity contribution in [2.24, 2.45) is 5.92 Å². The number of halogens is 2. The quantitative estimate of drug-likeness (QED) is 0.335. The summed E-state index contributed by atoms with van der Waals surface area (Å²) in [6.45, 7) is 4.23. The van der Waals surface area contributed by atoms with Crippen LogP contribution in [0.2, 0.25) is 5.02 Å². The highest BCUT2D eigenvalue weighted by atomic mass is 35.5. The molecule has 2 aromatic carbocycles. The summed E-state index contributed by atoms with van der Waals surface area (Å²) >= 11 is 5.83. The van der Waals surface area contributed by atoms with Crippen LogP contribution in [0.1, 0.15) is 56.9 Å². The summed E-state index contributed by atoms with van der Waals surface area (Å²) in [5.41, 5.74) is 2.32. The predicted octanol–water partition coefficient (Wildman–Crippen LogP) is 6.49. The third-order valence-corrected chi connectivity index (χ3v) is 7.16. The third kappa shape index (κ3) is 6.89. The lowest BCUT2D eigenvalue weighted by molar-refractivity contribution is -0.137. The van der Waals surface area contributed by atoms with E-state index in [0.29, 0.717) is 31.2 Å². The molecule has 0 bridgehead atoms. The summed E-state index contributed by atoms with van der Waals surface area (Å²) in [6.07, 6.45) is 4.82. The fraction of sp³-hybridized carbons (Fsp3) is 0.481. The highest BCUT2D eigenvalue weighted by Crippen LogP contribution is 2.39. The maximum Gasteiger partial charge on any atom is 0.323 e. The van der Waals surface area contributed by atoms with E-state index in [2.05, 4.69) is 15.5 Å². The van der Waals surface area contributed by atoms with E-state index in [1.165, 1.54) is 25.0 Å². The van der Waals surface area contributed by atoms with E-state index < -0.39 is 17.8 Å². The second-order valence-electron chi connectivity index (χ2n) is 9.62. The Balaban J connectivity index is 1.65. The van der Waals surface area contributed by atoms with Crippen LogP contribution in [0.25, 0.3) is 0 Å².